The van der Waals surface area contributed by atoms with Crippen molar-refractivity contribution in [3.63, 3.8) is 0 Å². The molecule has 2 aromatic carbocycles. The van der Waals surface area contributed by atoms with Crippen molar-refractivity contribution < 1.29 is 14.3 Å². The summed E-state index contributed by atoms with van der Waals surface area (Å²) in [6, 6.07) is 13.8. The van der Waals surface area contributed by atoms with Crippen molar-refractivity contribution in [2.75, 3.05) is 42.7 Å². The number of rotatable bonds is 9. The molecule has 1 fully saturated rings. The molecule has 11 heteroatoms. The highest BCUT2D eigenvalue weighted by molar-refractivity contribution is 6.04. The molecule has 0 saturated carbocycles. The van der Waals surface area contributed by atoms with Gasteiger partial charge in [-0.05, 0) is 63.2 Å². The van der Waals surface area contributed by atoms with Gasteiger partial charge in [0, 0.05) is 30.1 Å². The van der Waals surface area contributed by atoms with Gasteiger partial charge in [-0.1, -0.05) is 12.1 Å². The molecule has 3 amide bonds. The molecule has 11 nitrogen and oxygen atoms in total. The summed E-state index contributed by atoms with van der Waals surface area (Å²) in [5.41, 5.74) is 3.74. The molecule has 0 bridgehead atoms. The Bertz CT molecular complexity index is 1450. The fourth-order valence-corrected chi connectivity index (χ4v) is 4.51. The maximum atomic E-state index is 13.0. The molecule has 5 rings (SSSR count). The van der Waals surface area contributed by atoms with E-state index < -0.39 is 6.03 Å². The minimum absolute atomic E-state index is 0.234. The summed E-state index contributed by atoms with van der Waals surface area (Å²) in [6.45, 7) is 5.93. The normalized spacial score (nSPS) is 13.3. The number of urea groups is 1. The van der Waals surface area contributed by atoms with Crippen molar-refractivity contribution in [2.24, 2.45) is 0 Å². The Labute approximate surface area is 226 Å². The fraction of sp³-hybridized carbons (Fsp3) is 0.286. The summed E-state index contributed by atoms with van der Waals surface area (Å²) >= 11 is 0. The standard InChI is InChI=1S/C28H32N8O3/c1-20-26(19-35(33-20)14-13-34-11-3-4-12-34)32-27(37)21-7-5-9-24(15-21)36-18-23(17-29-36)31-28(38)30-22-8-6-10-25(16-22)39-2/h5-10,15-19H,3-4,11-14H2,1-2H3,(H,32,37)(H2,30,31,38). The number of anilines is 3. The van der Waals surface area contributed by atoms with Gasteiger partial charge in [0.25, 0.3) is 5.91 Å². The summed E-state index contributed by atoms with van der Waals surface area (Å²) in [5.74, 6) is 0.410. The van der Waals surface area contributed by atoms with Crippen LogP contribution >= 0.6 is 0 Å². The molecule has 39 heavy (non-hydrogen) atoms. The van der Waals surface area contributed by atoms with E-state index in [1.807, 2.05) is 23.9 Å². The molecule has 202 valence electrons. The van der Waals surface area contributed by atoms with Gasteiger partial charge in [0.1, 0.15) is 5.75 Å². The second-order valence-corrected chi connectivity index (χ2v) is 9.43. The van der Waals surface area contributed by atoms with Gasteiger partial charge in [0.2, 0.25) is 0 Å². The van der Waals surface area contributed by atoms with Gasteiger partial charge in [-0.3, -0.25) is 9.48 Å². The van der Waals surface area contributed by atoms with Crippen LogP contribution in [0.25, 0.3) is 5.69 Å². The third kappa shape index (κ3) is 6.63. The Balaban J connectivity index is 1.19. The summed E-state index contributed by atoms with van der Waals surface area (Å²) < 4.78 is 8.67. The summed E-state index contributed by atoms with van der Waals surface area (Å²) in [7, 11) is 1.57. The van der Waals surface area contributed by atoms with Crippen LogP contribution in [0.15, 0.2) is 67.1 Å². The SMILES string of the molecule is COc1cccc(NC(=O)Nc2cnn(-c3cccc(C(=O)Nc4cn(CCN5CCCC5)nc4C)c3)c2)c1. The molecule has 0 radical (unpaired) electrons. The number of carbonyl (C=O) groups is 2. The molecule has 0 aliphatic carbocycles. The first-order chi connectivity index (χ1) is 19.0. The minimum Gasteiger partial charge on any atom is -0.497 e. The average Bonchev–Trinajstić information content (AvgIpc) is 3.70. The number of ether oxygens (including phenoxy) is 1. The van der Waals surface area contributed by atoms with Crippen LogP contribution in [0.4, 0.5) is 21.9 Å². The zero-order valence-corrected chi connectivity index (χ0v) is 22.1. The van der Waals surface area contributed by atoms with Crippen LogP contribution in [0, 0.1) is 6.92 Å². The molecule has 0 unspecified atom stereocenters. The molecule has 3 heterocycles. The van der Waals surface area contributed by atoms with E-state index in [9.17, 15) is 9.59 Å². The van der Waals surface area contributed by atoms with Gasteiger partial charge < -0.3 is 25.6 Å². The number of hydrogen-bond acceptors (Lipinski definition) is 6. The van der Waals surface area contributed by atoms with Gasteiger partial charge in [-0.2, -0.15) is 10.2 Å². The minimum atomic E-state index is -0.410. The maximum absolute atomic E-state index is 13.0. The number of benzene rings is 2. The van der Waals surface area contributed by atoms with Crippen LogP contribution in [-0.2, 0) is 6.54 Å². The zero-order chi connectivity index (χ0) is 27.2. The Kier molecular flexibility index (Phi) is 7.88. The third-order valence-electron chi connectivity index (χ3n) is 6.58. The van der Waals surface area contributed by atoms with Crippen LogP contribution < -0.4 is 20.7 Å². The van der Waals surface area contributed by atoms with E-state index in [1.54, 1.807) is 60.5 Å². The number of amides is 3. The number of likely N-dealkylation sites (tertiary alicyclic amines) is 1. The molecule has 0 atom stereocenters. The lowest BCUT2D eigenvalue weighted by molar-refractivity contribution is 0.102. The van der Waals surface area contributed by atoms with Gasteiger partial charge in [0.05, 0.1) is 48.8 Å². The summed E-state index contributed by atoms with van der Waals surface area (Å²) in [6.07, 6.45) is 7.62. The van der Waals surface area contributed by atoms with E-state index in [4.69, 9.17) is 4.74 Å². The highest BCUT2D eigenvalue weighted by Crippen LogP contribution is 2.19. The smallest absolute Gasteiger partial charge is 0.323 e. The number of hydrogen-bond donors (Lipinski definition) is 3. The fourth-order valence-electron chi connectivity index (χ4n) is 4.51. The third-order valence-corrected chi connectivity index (χ3v) is 6.58. The molecular formula is C28H32N8O3. The van der Waals surface area contributed by atoms with Crippen molar-refractivity contribution in [1.82, 2.24) is 24.5 Å². The number of methoxy groups -OCH3 is 1. The van der Waals surface area contributed by atoms with Crippen molar-refractivity contribution in [3.8, 4) is 11.4 Å². The van der Waals surface area contributed by atoms with Gasteiger partial charge in [-0.25, -0.2) is 9.48 Å². The summed E-state index contributed by atoms with van der Waals surface area (Å²) in [4.78, 5) is 27.9. The largest absolute Gasteiger partial charge is 0.497 e. The van der Waals surface area contributed by atoms with Gasteiger partial charge in [0.15, 0.2) is 0 Å². The number of nitrogens with zero attached hydrogens (tertiary/aromatic N) is 5. The Morgan fingerprint density at radius 1 is 0.949 bits per heavy atom. The maximum Gasteiger partial charge on any atom is 0.323 e. The molecule has 1 aliphatic rings. The number of aromatic nitrogens is 4. The van der Waals surface area contributed by atoms with E-state index in [0.29, 0.717) is 34.1 Å². The van der Waals surface area contributed by atoms with E-state index in [0.717, 1.165) is 31.9 Å². The monoisotopic (exact) mass is 528 g/mol. The first-order valence-electron chi connectivity index (χ1n) is 12.9. The molecule has 0 spiro atoms. The molecule has 3 N–H and O–H groups in total. The van der Waals surface area contributed by atoms with E-state index in [2.05, 4.69) is 31.0 Å². The predicted octanol–water partition coefficient (Wildman–Crippen LogP) is 4.38. The van der Waals surface area contributed by atoms with Crippen molar-refractivity contribution >= 4 is 29.0 Å². The number of aryl methyl sites for hydroxylation is 1. The molecule has 2 aromatic heterocycles. The van der Waals surface area contributed by atoms with Crippen molar-refractivity contribution in [2.45, 2.75) is 26.3 Å². The molecule has 1 aliphatic heterocycles. The van der Waals surface area contributed by atoms with Crippen LogP contribution in [0.2, 0.25) is 0 Å². The lowest BCUT2D eigenvalue weighted by Crippen LogP contribution is -2.24. The van der Waals surface area contributed by atoms with E-state index in [1.165, 1.54) is 19.0 Å². The first-order valence-corrected chi connectivity index (χ1v) is 12.9. The molecule has 1 saturated heterocycles. The van der Waals surface area contributed by atoms with Crippen LogP contribution in [0.1, 0.15) is 28.9 Å². The van der Waals surface area contributed by atoms with E-state index >= 15 is 0 Å². The highest BCUT2D eigenvalue weighted by Gasteiger charge is 2.15. The van der Waals surface area contributed by atoms with Crippen LogP contribution in [0.3, 0.4) is 0 Å². The topological polar surface area (TPSA) is 118 Å². The van der Waals surface area contributed by atoms with Crippen LogP contribution in [0.5, 0.6) is 5.75 Å². The van der Waals surface area contributed by atoms with Crippen LogP contribution in [-0.4, -0.2) is 63.1 Å². The van der Waals surface area contributed by atoms with Crippen molar-refractivity contribution in [1.29, 1.82) is 0 Å². The number of carbonyl (C=O) groups excluding carboxylic acids is 2. The predicted molar refractivity (Wildman–Crippen MR) is 150 cm³/mol. The second kappa shape index (κ2) is 11.8. The first kappa shape index (κ1) is 26.0. The number of nitrogens with one attached hydrogen (secondary N) is 3. The molecule has 4 aromatic rings. The Hall–Kier alpha value is -4.64. The van der Waals surface area contributed by atoms with Crippen molar-refractivity contribution in [3.05, 3.63) is 78.4 Å². The lowest BCUT2D eigenvalue weighted by Gasteiger charge is -2.13. The average molecular weight is 529 g/mol. The Morgan fingerprint density at radius 2 is 1.74 bits per heavy atom. The lowest BCUT2D eigenvalue weighted by atomic mass is 10.2. The second-order valence-electron chi connectivity index (χ2n) is 9.43. The van der Waals surface area contributed by atoms with E-state index in [-0.39, 0.29) is 5.91 Å². The Morgan fingerprint density at radius 3 is 2.56 bits per heavy atom. The quantitative estimate of drug-likeness (QED) is 0.297. The zero-order valence-electron chi connectivity index (χ0n) is 22.1. The van der Waals surface area contributed by atoms with Gasteiger partial charge in [-0.15, -0.1) is 0 Å². The highest BCUT2D eigenvalue weighted by atomic mass is 16.5. The molecular weight excluding hydrogens is 496 g/mol. The summed E-state index contributed by atoms with van der Waals surface area (Å²) in [5, 5.41) is 17.4. The van der Waals surface area contributed by atoms with Gasteiger partial charge >= 0.3 is 6.03 Å².